The van der Waals surface area contributed by atoms with Crippen LogP contribution in [-0.4, -0.2) is 35.8 Å². The van der Waals surface area contributed by atoms with Gasteiger partial charge < -0.3 is 0 Å². The van der Waals surface area contributed by atoms with E-state index in [0.29, 0.717) is 12.0 Å². The molecule has 0 spiro atoms. The molecule has 0 N–H and O–H groups in total. The van der Waals surface area contributed by atoms with E-state index < -0.39 is 10.0 Å². The van der Waals surface area contributed by atoms with E-state index in [9.17, 15) is 13.2 Å². The van der Waals surface area contributed by atoms with E-state index in [1.807, 2.05) is 66.9 Å². The molecule has 3 aromatic carbocycles. The number of hydrogen-bond acceptors (Lipinski definition) is 4. The Balaban J connectivity index is 1.75. The summed E-state index contributed by atoms with van der Waals surface area (Å²) in [7, 11) is -2.36. The number of aldehydes is 1. The number of benzene rings is 3. The predicted molar refractivity (Wildman–Crippen MR) is 119 cm³/mol. The van der Waals surface area contributed by atoms with Gasteiger partial charge in [-0.2, -0.15) is 9.40 Å². The Kier molecular flexibility index (Phi) is 5.79. The van der Waals surface area contributed by atoms with Gasteiger partial charge in [0, 0.05) is 36.5 Å². The SMILES string of the molecule is CN(Cc1cn(-c2ccccc2)nc1-c1ccccc1)S(=O)(=O)c1ccccc1C=O. The number of hydrogen-bond donors (Lipinski definition) is 0. The number of aromatic nitrogens is 2. The zero-order valence-electron chi connectivity index (χ0n) is 16.9. The second-order valence-corrected chi connectivity index (χ2v) is 9.08. The first-order valence-corrected chi connectivity index (χ1v) is 11.1. The fourth-order valence-corrected chi connectivity index (χ4v) is 4.69. The Labute approximate surface area is 181 Å². The topological polar surface area (TPSA) is 72.3 Å². The fourth-order valence-electron chi connectivity index (χ4n) is 3.38. The van der Waals surface area contributed by atoms with Gasteiger partial charge in [-0.25, -0.2) is 13.1 Å². The molecule has 0 atom stereocenters. The predicted octanol–water partition coefficient (Wildman–Crippen LogP) is 4.17. The molecule has 0 radical (unpaired) electrons. The molecule has 4 aromatic rings. The molecule has 1 heterocycles. The summed E-state index contributed by atoms with van der Waals surface area (Å²) in [6, 6.07) is 25.5. The van der Waals surface area contributed by atoms with Crippen molar-refractivity contribution in [2.75, 3.05) is 7.05 Å². The molecular weight excluding hydrogens is 410 g/mol. The maximum absolute atomic E-state index is 13.2. The molecule has 7 heteroatoms. The third-order valence-electron chi connectivity index (χ3n) is 4.99. The van der Waals surface area contributed by atoms with Gasteiger partial charge in [0.05, 0.1) is 16.3 Å². The monoisotopic (exact) mass is 431 g/mol. The van der Waals surface area contributed by atoms with Crippen LogP contribution in [0, 0.1) is 0 Å². The van der Waals surface area contributed by atoms with Crippen molar-refractivity contribution in [3.05, 3.63) is 102 Å². The summed E-state index contributed by atoms with van der Waals surface area (Å²) in [6.45, 7) is 0.104. The third-order valence-corrected chi connectivity index (χ3v) is 6.86. The molecular formula is C24H21N3O3S. The van der Waals surface area contributed by atoms with E-state index in [0.717, 1.165) is 16.8 Å². The largest absolute Gasteiger partial charge is 0.298 e. The molecule has 0 unspecified atom stereocenters. The van der Waals surface area contributed by atoms with Crippen molar-refractivity contribution >= 4 is 16.3 Å². The Morgan fingerprint density at radius 2 is 1.52 bits per heavy atom. The van der Waals surface area contributed by atoms with E-state index in [1.165, 1.54) is 23.5 Å². The van der Waals surface area contributed by atoms with Crippen LogP contribution in [0.1, 0.15) is 15.9 Å². The molecule has 0 saturated carbocycles. The molecule has 0 aliphatic heterocycles. The third kappa shape index (κ3) is 4.19. The van der Waals surface area contributed by atoms with E-state index in [-0.39, 0.29) is 17.0 Å². The highest BCUT2D eigenvalue weighted by Crippen LogP contribution is 2.27. The molecule has 0 saturated heterocycles. The quantitative estimate of drug-likeness (QED) is 0.412. The van der Waals surface area contributed by atoms with E-state index >= 15 is 0 Å². The van der Waals surface area contributed by atoms with Crippen molar-refractivity contribution < 1.29 is 13.2 Å². The number of carbonyl (C=O) groups is 1. The standard InChI is InChI=1S/C24H21N3O3S/c1-26(31(29,30)23-15-9-8-12-20(23)18-28)16-21-17-27(22-13-6-3-7-14-22)25-24(21)19-10-4-2-5-11-19/h2-15,17-18H,16H2,1H3. The smallest absolute Gasteiger partial charge is 0.243 e. The van der Waals surface area contributed by atoms with Crippen LogP contribution in [0.3, 0.4) is 0 Å². The maximum atomic E-state index is 13.2. The number of carbonyl (C=O) groups excluding carboxylic acids is 1. The van der Waals surface area contributed by atoms with E-state index in [2.05, 4.69) is 0 Å². The molecule has 0 aliphatic carbocycles. The normalized spacial score (nSPS) is 11.5. The van der Waals surface area contributed by atoms with Crippen LogP contribution >= 0.6 is 0 Å². The number of rotatable bonds is 7. The van der Waals surface area contributed by atoms with E-state index in [1.54, 1.807) is 16.8 Å². The van der Waals surface area contributed by atoms with Crippen LogP contribution in [0.2, 0.25) is 0 Å². The van der Waals surface area contributed by atoms with Crippen LogP contribution in [0.4, 0.5) is 0 Å². The Morgan fingerprint density at radius 1 is 0.903 bits per heavy atom. The lowest BCUT2D eigenvalue weighted by molar-refractivity contribution is 0.112. The van der Waals surface area contributed by atoms with Gasteiger partial charge in [-0.1, -0.05) is 66.7 Å². The average Bonchev–Trinajstić information content (AvgIpc) is 3.24. The fraction of sp³-hybridized carbons (Fsp3) is 0.0833. The number of nitrogens with zero attached hydrogens (tertiary/aromatic N) is 3. The minimum Gasteiger partial charge on any atom is -0.298 e. The Bertz CT molecular complexity index is 1300. The lowest BCUT2D eigenvalue weighted by atomic mass is 10.1. The van der Waals surface area contributed by atoms with Gasteiger partial charge in [-0.15, -0.1) is 0 Å². The highest BCUT2D eigenvalue weighted by Gasteiger charge is 2.25. The van der Waals surface area contributed by atoms with Crippen molar-refractivity contribution in [3.8, 4) is 16.9 Å². The summed E-state index contributed by atoms with van der Waals surface area (Å²) in [5, 5.41) is 4.73. The zero-order chi connectivity index (χ0) is 21.8. The molecule has 0 amide bonds. The maximum Gasteiger partial charge on any atom is 0.243 e. The molecule has 31 heavy (non-hydrogen) atoms. The summed E-state index contributed by atoms with van der Waals surface area (Å²) in [4.78, 5) is 11.3. The van der Waals surface area contributed by atoms with Crippen molar-refractivity contribution in [2.24, 2.45) is 0 Å². The van der Waals surface area contributed by atoms with E-state index in [4.69, 9.17) is 5.10 Å². The van der Waals surface area contributed by atoms with Gasteiger partial charge >= 0.3 is 0 Å². The highest BCUT2D eigenvalue weighted by atomic mass is 32.2. The zero-order valence-corrected chi connectivity index (χ0v) is 17.7. The Morgan fingerprint density at radius 3 is 2.19 bits per heavy atom. The summed E-state index contributed by atoms with van der Waals surface area (Å²) in [5.74, 6) is 0. The molecule has 6 nitrogen and oxygen atoms in total. The number of para-hydroxylation sites is 1. The first kappa shape index (κ1) is 20.7. The van der Waals surface area contributed by atoms with Gasteiger partial charge in [0.1, 0.15) is 0 Å². The average molecular weight is 432 g/mol. The van der Waals surface area contributed by atoms with Crippen LogP contribution in [0.15, 0.2) is 96.0 Å². The second kappa shape index (κ2) is 8.67. The minimum absolute atomic E-state index is 0.00999. The molecule has 4 rings (SSSR count). The van der Waals surface area contributed by atoms with Gasteiger partial charge in [-0.05, 0) is 18.2 Å². The first-order valence-electron chi connectivity index (χ1n) is 9.70. The van der Waals surface area contributed by atoms with Crippen LogP contribution in [0.25, 0.3) is 16.9 Å². The molecule has 0 bridgehead atoms. The van der Waals surface area contributed by atoms with Crippen LogP contribution in [0.5, 0.6) is 0 Å². The van der Waals surface area contributed by atoms with Crippen LogP contribution < -0.4 is 0 Å². The summed E-state index contributed by atoms with van der Waals surface area (Å²) >= 11 is 0. The summed E-state index contributed by atoms with van der Waals surface area (Å²) < 4.78 is 29.4. The van der Waals surface area contributed by atoms with Crippen LogP contribution in [-0.2, 0) is 16.6 Å². The number of sulfonamides is 1. The van der Waals surface area contributed by atoms with Crippen molar-refractivity contribution in [1.29, 1.82) is 0 Å². The van der Waals surface area contributed by atoms with Crippen molar-refractivity contribution in [2.45, 2.75) is 11.4 Å². The molecule has 0 aliphatic rings. The molecule has 156 valence electrons. The molecule has 1 aromatic heterocycles. The minimum atomic E-state index is -3.87. The Hall–Kier alpha value is -3.55. The highest BCUT2D eigenvalue weighted by molar-refractivity contribution is 7.89. The van der Waals surface area contributed by atoms with Crippen molar-refractivity contribution in [3.63, 3.8) is 0 Å². The molecule has 0 fully saturated rings. The van der Waals surface area contributed by atoms with Gasteiger partial charge in [-0.3, -0.25) is 4.79 Å². The van der Waals surface area contributed by atoms with Gasteiger partial charge in [0.15, 0.2) is 6.29 Å². The lowest BCUT2D eigenvalue weighted by Crippen LogP contribution is -2.27. The van der Waals surface area contributed by atoms with Crippen molar-refractivity contribution in [1.82, 2.24) is 14.1 Å². The lowest BCUT2D eigenvalue weighted by Gasteiger charge is -2.18. The van der Waals surface area contributed by atoms with Gasteiger partial charge in [0.25, 0.3) is 0 Å². The summed E-state index contributed by atoms with van der Waals surface area (Å²) in [6.07, 6.45) is 2.40. The first-order chi connectivity index (χ1) is 15.0. The second-order valence-electron chi connectivity index (χ2n) is 7.07. The van der Waals surface area contributed by atoms with Gasteiger partial charge in [0.2, 0.25) is 10.0 Å². The summed E-state index contributed by atoms with van der Waals surface area (Å²) in [5.41, 5.74) is 3.37.